The molecule has 0 aliphatic carbocycles. The molecule has 98 valence electrons. The summed E-state index contributed by atoms with van der Waals surface area (Å²) in [6, 6.07) is 2.41. The summed E-state index contributed by atoms with van der Waals surface area (Å²) in [4.78, 5) is 14.6. The number of likely N-dealkylation sites (N-methyl/N-ethyl adjacent to an activating group) is 1. The maximum absolute atomic E-state index is 13.6. The second kappa shape index (κ2) is 4.89. The summed E-state index contributed by atoms with van der Waals surface area (Å²) >= 11 is 0. The van der Waals surface area contributed by atoms with E-state index in [0.29, 0.717) is 24.3 Å². The Bertz CT molecular complexity index is 471. The van der Waals surface area contributed by atoms with Gasteiger partial charge in [-0.05, 0) is 20.0 Å². The molecular weight excluding hydrogens is 237 g/mol. The number of nitrogens with zero attached hydrogens (tertiary/aromatic N) is 3. The van der Waals surface area contributed by atoms with Gasteiger partial charge in [0, 0.05) is 37.8 Å². The molecule has 0 radical (unpaired) electrons. The van der Waals surface area contributed by atoms with Gasteiger partial charge < -0.3 is 9.80 Å². The van der Waals surface area contributed by atoms with Gasteiger partial charge >= 0.3 is 0 Å². The summed E-state index contributed by atoms with van der Waals surface area (Å²) in [5, 5.41) is 11.0. The largest absolute Gasteiger partial charge is 0.363 e. The fraction of sp³-hybridized carbons (Fsp3) is 0.500. The van der Waals surface area contributed by atoms with Crippen molar-refractivity contribution in [2.75, 3.05) is 38.1 Å². The molecule has 1 aliphatic rings. The monoisotopic (exact) mass is 253 g/mol. The van der Waals surface area contributed by atoms with E-state index in [2.05, 4.69) is 4.90 Å². The molecule has 0 aromatic heterocycles. The molecule has 0 unspecified atom stereocenters. The lowest BCUT2D eigenvalue weighted by Crippen LogP contribution is -2.45. The van der Waals surface area contributed by atoms with Gasteiger partial charge in [0.15, 0.2) is 0 Å². The standard InChI is InChI=1S/C12H16FN3O2/c1-9-10(13)3-4-11(16(17)18)12(9)15-7-5-14(2)6-8-15/h3-4H,5-8H2,1-2H3. The minimum atomic E-state index is -0.444. The highest BCUT2D eigenvalue weighted by Crippen LogP contribution is 2.33. The smallest absolute Gasteiger partial charge is 0.293 e. The van der Waals surface area contributed by atoms with Crippen LogP contribution in [0.5, 0.6) is 0 Å². The van der Waals surface area contributed by atoms with Crippen LogP contribution in [0.4, 0.5) is 15.8 Å². The van der Waals surface area contributed by atoms with E-state index in [1.165, 1.54) is 6.07 Å². The average Bonchev–Trinajstić information content (AvgIpc) is 2.33. The maximum Gasteiger partial charge on any atom is 0.293 e. The first kappa shape index (κ1) is 12.8. The van der Waals surface area contributed by atoms with Gasteiger partial charge in [0.1, 0.15) is 11.5 Å². The van der Waals surface area contributed by atoms with E-state index in [1.54, 1.807) is 6.92 Å². The van der Waals surface area contributed by atoms with Crippen LogP contribution in [0.2, 0.25) is 0 Å². The Morgan fingerprint density at radius 2 is 1.89 bits per heavy atom. The van der Waals surface area contributed by atoms with Crippen LogP contribution in [0.1, 0.15) is 5.56 Å². The van der Waals surface area contributed by atoms with Gasteiger partial charge in [-0.15, -0.1) is 0 Å². The molecule has 0 N–H and O–H groups in total. The van der Waals surface area contributed by atoms with Crippen molar-refractivity contribution in [2.45, 2.75) is 6.92 Å². The first-order valence-corrected chi connectivity index (χ1v) is 5.87. The third kappa shape index (κ3) is 2.28. The highest BCUT2D eigenvalue weighted by Gasteiger charge is 2.25. The Kier molecular flexibility index (Phi) is 3.47. The third-order valence-electron chi connectivity index (χ3n) is 3.36. The molecular formula is C12H16FN3O2. The van der Waals surface area contributed by atoms with Crippen LogP contribution in [0.3, 0.4) is 0 Å². The minimum Gasteiger partial charge on any atom is -0.363 e. The summed E-state index contributed by atoms with van der Waals surface area (Å²) < 4.78 is 13.6. The lowest BCUT2D eigenvalue weighted by Gasteiger charge is -2.34. The molecule has 1 heterocycles. The number of benzene rings is 1. The van der Waals surface area contributed by atoms with Gasteiger partial charge in [-0.1, -0.05) is 0 Å². The van der Waals surface area contributed by atoms with E-state index in [4.69, 9.17) is 0 Å². The zero-order valence-corrected chi connectivity index (χ0v) is 10.5. The molecule has 1 aromatic carbocycles. The van der Waals surface area contributed by atoms with Crippen molar-refractivity contribution < 1.29 is 9.31 Å². The SMILES string of the molecule is Cc1c(F)ccc([N+](=O)[O-])c1N1CCN(C)CC1. The zero-order valence-electron chi connectivity index (χ0n) is 10.5. The highest BCUT2D eigenvalue weighted by molar-refractivity contribution is 5.68. The third-order valence-corrected chi connectivity index (χ3v) is 3.36. The molecule has 2 rings (SSSR count). The molecule has 0 atom stereocenters. The van der Waals surface area contributed by atoms with E-state index in [-0.39, 0.29) is 5.69 Å². The quantitative estimate of drug-likeness (QED) is 0.595. The van der Waals surface area contributed by atoms with Crippen molar-refractivity contribution in [1.82, 2.24) is 4.90 Å². The predicted octanol–water partition coefficient (Wildman–Crippen LogP) is 1.79. The normalized spacial score (nSPS) is 16.9. The number of hydrogen-bond acceptors (Lipinski definition) is 4. The van der Waals surface area contributed by atoms with Gasteiger partial charge in [0.05, 0.1) is 4.92 Å². The molecule has 1 aliphatic heterocycles. The average molecular weight is 253 g/mol. The summed E-state index contributed by atoms with van der Waals surface area (Å²) in [5.74, 6) is -0.394. The van der Waals surface area contributed by atoms with Crippen LogP contribution in [-0.4, -0.2) is 43.0 Å². The van der Waals surface area contributed by atoms with E-state index < -0.39 is 10.7 Å². The topological polar surface area (TPSA) is 49.6 Å². The summed E-state index contributed by atoms with van der Waals surface area (Å²) in [6.45, 7) is 4.61. The first-order valence-electron chi connectivity index (χ1n) is 5.87. The highest BCUT2D eigenvalue weighted by atomic mass is 19.1. The lowest BCUT2D eigenvalue weighted by molar-refractivity contribution is -0.384. The molecule has 0 bridgehead atoms. The number of hydrogen-bond donors (Lipinski definition) is 0. The lowest BCUT2D eigenvalue weighted by atomic mass is 10.1. The maximum atomic E-state index is 13.6. The molecule has 1 aromatic rings. The van der Waals surface area contributed by atoms with Gasteiger partial charge in [0.2, 0.25) is 0 Å². The fourth-order valence-corrected chi connectivity index (χ4v) is 2.24. The minimum absolute atomic E-state index is 0.0153. The number of anilines is 1. The molecule has 0 amide bonds. The van der Waals surface area contributed by atoms with Gasteiger partial charge in [0.25, 0.3) is 5.69 Å². The summed E-state index contributed by atoms with van der Waals surface area (Å²) in [7, 11) is 2.00. The summed E-state index contributed by atoms with van der Waals surface area (Å²) in [6.07, 6.45) is 0. The Balaban J connectivity index is 2.41. The second-order valence-corrected chi connectivity index (χ2v) is 4.59. The molecule has 6 heteroatoms. The fourth-order valence-electron chi connectivity index (χ4n) is 2.24. The van der Waals surface area contributed by atoms with Gasteiger partial charge in [-0.2, -0.15) is 0 Å². The Hall–Kier alpha value is -1.69. The molecule has 18 heavy (non-hydrogen) atoms. The van der Waals surface area contributed by atoms with Crippen LogP contribution in [0.15, 0.2) is 12.1 Å². The van der Waals surface area contributed by atoms with Crippen LogP contribution in [-0.2, 0) is 0 Å². The van der Waals surface area contributed by atoms with Crippen molar-refractivity contribution in [3.8, 4) is 0 Å². The van der Waals surface area contributed by atoms with Crippen LogP contribution in [0, 0.1) is 22.9 Å². The Morgan fingerprint density at radius 3 is 2.44 bits per heavy atom. The molecule has 0 saturated carbocycles. The number of halogens is 1. The second-order valence-electron chi connectivity index (χ2n) is 4.59. The van der Waals surface area contributed by atoms with Gasteiger partial charge in [-0.3, -0.25) is 10.1 Å². The zero-order chi connectivity index (χ0) is 13.3. The number of rotatable bonds is 2. The van der Waals surface area contributed by atoms with Gasteiger partial charge in [-0.25, -0.2) is 4.39 Å². The predicted molar refractivity (Wildman–Crippen MR) is 67.5 cm³/mol. The van der Waals surface area contributed by atoms with Crippen LogP contribution in [0.25, 0.3) is 0 Å². The first-order chi connectivity index (χ1) is 8.50. The molecule has 1 saturated heterocycles. The van der Waals surface area contributed by atoms with Crippen molar-refractivity contribution >= 4 is 11.4 Å². The van der Waals surface area contributed by atoms with Crippen molar-refractivity contribution in [3.05, 3.63) is 33.6 Å². The summed E-state index contributed by atoms with van der Waals surface area (Å²) in [5.41, 5.74) is 0.764. The molecule has 0 spiro atoms. The van der Waals surface area contributed by atoms with E-state index in [1.807, 2.05) is 11.9 Å². The van der Waals surface area contributed by atoms with Crippen LogP contribution < -0.4 is 4.90 Å². The van der Waals surface area contributed by atoms with Crippen LogP contribution >= 0.6 is 0 Å². The number of nitro groups is 1. The number of piperazine rings is 1. The molecule has 1 fully saturated rings. The van der Waals surface area contributed by atoms with Crippen molar-refractivity contribution in [1.29, 1.82) is 0 Å². The Labute approximate surface area is 105 Å². The van der Waals surface area contributed by atoms with E-state index in [9.17, 15) is 14.5 Å². The Morgan fingerprint density at radius 1 is 1.28 bits per heavy atom. The molecule has 5 nitrogen and oxygen atoms in total. The van der Waals surface area contributed by atoms with Crippen molar-refractivity contribution in [3.63, 3.8) is 0 Å². The van der Waals surface area contributed by atoms with E-state index in [0.717, 1.165) is 19.2 Å². The van der Waals surface area contributed by atoms with Crippen molar-refractivity contribution in [2.24, 2.45) is 0 Å². The number of nitro benzene ring substituents is 1. The van der Waals surface area contributed by atoms with E-state index >= 15 is 0 Å².